The van der Waals surface area contributed by atoms with Crippen molar-refractivity contribution in [1.82, 2.24) is 35.6 Å². The highest BCUT2D eigenvalue weighted by atomic mass is 32.1. The predicted octanol–water partition coefficient (Wildman–Crippen LogP) is 6.90. The third kappa shape index (κ3) is 8.90. The van der Waals surface area contributed by atoms with Crippen LogP contribution >= 0.6 is 22.7 Å². The fourth-order valence-electron chi connectivity index (χ4n) is 7.59. The molecule has 2 fully saturated rings. The molecule has 0 saturated carbocycles. The zero-order valence-electron chi connectivity index (χ0n) is 31.9. The molecular formula is C42H49N7O4S2. The van der Waals surface area contributed by atoms with Gasteiger partial charge in [0.15, 0.2) is 0 Å². The zero-order valence-corrected chi connectivity index (χ0v) is 33.5. The first-order valence-corrected chi connectivity index (χ1v) is 20.8. The standard InChI is InChI=1S/C42H49N7O4S2/c1-26-38(54-25-44-26)29-13-11-27(12-14-29)24-43-40(52)33-9-7-18-49(33)41(53)39(42(2,3)4)45-37(51)17-21-48-19-15-28(16-20-48)35-23-32-36(55-35)22-31(46-47-32)30-8-5-6-10-34(30)50/h5-6,8,10-14,22-23,25,28,33,39,50H,7,9,15-21,24H2,1-4H3,(H,43,52)(H,45,51). The summed E-state index contributed by atoms with van der Waals surface area (Å²) in [5.74, 6) is 0.0636. The number of hydrogen-bond donors (Lipinski definition) is 3. The number of phenolic OH excluding ortho intramolecular Hbond substituents is 1. The minimum Gasteiger partial charge on any atom is -0.507 e. The maximum absolute atomic E-state index is 14.0. The Hall–Kier alpha value is -4.72. The maximum atomic E-state index is 14.0. The Kier molecular flexibility index (Phi) is 11.6. The van der Waals surface area contributed by atoms with Crippen molar-refractivity contribution in [3.63, 3.8) is 0 Å². The van der Waals surface area contributed by atoms with Gasteiger partial charge in [0, 0.05) is 36.5 Å². The SMILES string of the molecule is Cc1ncsc1-c1ccc(CNC(=O)C2CCCN2C(=O)C(NC(=O)CCN2CCC(c3cc4nnc(-c5ccccc5O)cc4s3)CC2)C(C)(C)C)cc1. The van der Waals surface area contributed by atoms with Crippen molar-refractivity contribution in [2.75, 3.05) is 26.2 Å². The summed E-state index contributed by atoms with van der Waals surface area (Å²) in [4.78, 5) is 51.6. The first-order chi connectivity index (χ1) is 26.4. The number of likely N-dealkylation sites (tertiary alicyclic amines) is 2. The van der Waals surface area contributed by atoms with Gasteiger partial charge in [-0.2, -0.15) is 0 Å². The molecule has 5 aromatic rings. The number of piperidine rings is 1. The molecule has 3 N–H and O–H groups in total. The van der Waals surface area contributed by atoms with Crippen LogP contribution in [-0.2, 0) is 20.9 Å². The van der Waals surface area contributed by atoms with E-state index in [4.69, 9.17) is 0 Å². The molecule has 0 aliphatic carbocycles. The summed E-state index contributed by atoms with van der Waals surface area (Å²) in [5, 5.41) is 25.2. The number of carbonyl (C=O) groups excluding carboxylic acids is 3. The Morgan fingerprint density at radius 1 is 0.982 bits per heavy atom. The lowest BCUT2D eigenvalue weighted by molar-refractivity contribution is -0.144. The molecule has 2 atom stereocenters. The van der Waals surface area contributed by atoms with Gasteiger partial charge in [0.05, 0.1) is 26.5 Å². The minimum atomic E-state index is -0.746. The number of carbonyl (C=O) groups is 3. The van der Waals surface area contributed by atoms with Crippen molar-refractivity contribution in [3.8, 4) is 27.4 Å². The topological polar surface area (TPSA) is 141 Å². The van der Waals surface area contributed by atoms with Crippen LogP contribution in [0.4, 0.5) is 0 Å². The van der Waals surface area contributed by atoms with Crippen LogP contribution in [0, 0.1) is 12.3 Å². The second-order valence-corrected chi connectivity index (χ2v) is 17.7. The quantitative estimate of drug-likeness (QED) is 0.132. The number of benzene rings is 2. The molecular weight excluding hydrogens is 731 g/mol. The molecule has 3 amide bonds. The molecule has 5 heterocycles. The number of amides is 3. The van der Waals surface area contributed by atoms with Gasteiger partial charge in [0.25, 0.3) is 0 Å². The Balaban J connectivity index is 0.892. The van der Waals surface area contributed by atoms with Gasteiger partial charge in [0.2, 0.25) is 17.7 Å². The van der Waals surface area contributed by atoms with E-state index in [1.807, 2.05) is 75.7 Å². The van der Waals surface area contributed by atoms with Crippen LogP contribution < -0.4 is 10.6 Å². The van der Waals surface area contributed by atoms with E-state index in [0.29, 0.717) is 49.7 Å². The molecule has 13 heteroatoms. The number of thiophene rings is 1. The first kappa shape index (κ1) is 38.6. The van der Waals surface area contributed by atoms with Crippen LogP contribution in [0.25, 0.3) is 31.9 Å². The normalized spacial score (nSPS) is 17.4. The first-order valence-electron chi connectivity index (χ1n) is 19.1. The summed E-state index contributed by atoms with van der Waals surface area (Å²) in [5.41, 5.74) is 6.58. The number of aromatic nitrogens is 3. The zero-order chi connectivity index (χ0) is 38.7. The van der Waals surface area contributed by atoms with Gasteiger partial charge in [-0.15, -0.1) is 32.9 Å². The second kappa shape index (κ2) is 16.6. The average Bonchev–Trinajstić information content (AvgIpc) is 3.95. The lowest BCUT2D eigenvalue weighted by atomic mass is 9.85. The van der Waals surface area contributed by atoms with E-state index in [9.17, 15) is 19.5 Å². The number of nitrogens with zero attached hydrogens (tertiary/aromatic N) is 5. The molecule has 11 nitrogen and oxygen atoms in total. The summed E-state index contributed by atoms with van der Waals surface area (Å²) in [6.07, 6.45) is 3.59. The Morgan fingerprint density at radius 3 is 2.45 bits per heavy atom. The molecule has 55 heavy (non-hydrogen) atoms. The monoisotopic (exact) mass is 779 g/mol. The van der Waals surface area contributed by atoms with Gasteiger partial charge >= 0.3 is 0 Å². The Morgan fingerprint density at radius 2 is 1.75 bits per heavy atom. The summed E-state index contributed by atoms with van der Waals surface area (Å²) in [7, 11) is 0. The fraction of sp³-hybridized carbons (Fsp3) is 0.429. The van der Waals surface area contributed by atoms with Crippen LogP contribution in [0.3, 0.4) is 0 Å². The van der Waals surface area contributed by atoms with Crippen molar-refractivity contribution in [2.24, 2.45) is 5.41 Å². The molecule has 288 valence electrons. The number of rotatable bonds is 11. The number of para-hydroxylation sites is 1. The van der Waals surface area contributed by atoms with E-state index < -0.39 is 17.5 Å². The molecule has 2 aliphatic rings. The summed E-state index contributed by atoms with van der Waals surface area (Å²) >= 11 is 3.34. The minimum absolute atomic E-state index is 0.157. The Bertz CT molecular complexity index is 2150. The number of hydrogen-bond acceptors (Lipinski definition) is 10. The number of fused-ring (bicyclic) bond motifs is 1. The van der Waals surface area contributed by atoms with Crippen molar-refractivity contribution in [3.05, 3.63) is 82.3 Å². The molecule has 2 unspecified atom stereocenters. The number of phenols is 1. The lowest BCUT2D eigenvalue weighted by Gasteiger charge is -2.36. The van der Waals surface area contributed by atoms with Gasteiger partial charge < -0.3 is 25.5 Å². The predicted molar refractivity (Wildman–Crippen MR) is 218 cm³/mol. The lowest BCUT2D eigenvalue weighted by Crippen LogP contribution is -2.57. The van der Waals surface area contributed by atoms with Crippen molar-refractivity contribution in [1.29, 1.82) is 0 Å². The molecule has 3 aromatic heterocycles. The highest BCUT2D eigenvalue weighted by Crippen LogP contribution is 2.38. The van der Waals surface area contributed by atoms with Crippen LogP contribution in [-0.4, -0.2) is 86.1 Å². The smallest absolute Gasteiger partial charge is 0.246 e. The average molecular weight is 780 g/mol. The largest absolute Gasteiger partial charge is 0.507 e. The van der Waals surface area contributed by atoms with E-state index in [1.54, 1.807) is 39.7 Å². The van der Waals surface area contributed by atoms with Crippen LogP contribution in [0.5, 0.6) is 5.75 Å². The molecule has 0 bridgehead atoms. The van der Waals surface area contributed by atoms with Crippen molar-refractivity contribution in [2.45, 2.75) is 84.3 Å². The van der Waals surface area contributed by atoms with E-state index in [1.165, 1.54) is 4.88 Å². The Labute approximate surface area is 330 Å². The van der Waals surface area contributed by atoms with Gasteiger partial charge in [-0.05, 0) is 92.4 Å². The third-order valence-corrected chi connectivity index (χ3v) is 13.0. The fourth-order valence-corrected chi connectivity index (χ4v) is 9.60. The molecule has 7 rings (SSSR count). The van der Waals surface area contributed by atoms with Gasteiger partial charge in [-0.3, -0.25) is 14.4 Å². The van der Waals surface area contributed by atoms with E-state index >= 15 is 0 Å². The van der Waals surface area contributed by atoms with E-state index in [0.717, 1.165) is 64.3 Å². The maximum Gasteiger partial charge on any atom is 0.246 e. The van der Waals surface area contributed by atoms with Crippen LogP contribution in [0.1, 0.15) is 74.9 Å². The van der Waals surface area contributed by atoms with E-state index in [2.05, 4.69) is 36.8 Å². The summed E-state index contributed by atoms with van der Waals surface area (Å²) < 4.78 is 1.05. The number of nitrogens with one attached hydrogen (secondary N) is 2. The van der Waals surface area contributed by atoms with Crippen LogP contribution in [0.2, 0.25) is 0 Å². The van der Waals surface area contributed by atoms with Crippen LogP contribution in [0.15, 0.2) is 66.2 Å². The van der Waals surface area contributed by atoms with Gasteiger partial charge in [-0.1, -0.05) is 57.2 Å². The van der Waals surface area contributed by atoms with Crippen molar-refractivity contribution >= 4 is 50.6 Å². The number of aromatic hydroxyl groups is 1. The molecule has 2 aromatic carbocycles. The van der Waals surface area contributed by atoms with Crippen molar-refractivity contribution < 1.29 is 19.5 Å². The molecule has 2 saturated heterocycles. The van der Waals surface area contributed by atoms with Gasteiger partial charge in [0.1, 0.15) is 23.3 Å². The highest BCUT2D eigenvalue weighted by molar-refractivity contribution is 7.19. The summed E-state index contributed by atoms with van der Waals surface area (Å²) in [6.45, 7) is 11.1. The highest BCUT2D eigenvalue weighted by Gasteiger charge is 2.42. The number of aryl methyl sites for hydroxylation is 1. The number of thiazole rings is 1. The molecule has 2 aliphatic heterocycles. The summed E-state index contributed by atoms with van der Waals surface area (Å²) in [6, 6.07) is 18.1. The molecule has 0 spiro atoms. The third-order valence-electron chi connectivity index (χ3n) is 10.8. The van der Waals surface area contributed by atoms with E-state index in [-0.39, 0.29) is 23.5 Å². The molecule has 0 radical (unpaired) electrons. The van der Waals surface area contributed by atoms with Gasteiger partial charge in [-0.25, -0.2) is 4.98 Å². The second-order valence-electron chi connectivity index (χ2n) is 15.7.